The molecule has 0 aromatic rings. The van der Waals surface area contributed by atoms with Crippen LogP contribution in [-0.4, -0.2) is 0 Å². The molecule has 47 heavy (non-hydrogen) atoms. The van der Waals surface area contributed by atoms with Gasteiger partial charge in [0.05, 0.1) is 23.5 Å². The highest BCUT2D eigenvalue weighted by molar-refractivity contribution is 5.15. The molecule has 4 aliphatic carbocycles. The van der Waals surface area contributed by atoms with Gasteiger partial charge in [-0.15, -0.1) is 0 Å². The quantitative estimate of drug-likeness (QED) is 0.139. The van der Waals surface area contributed by atoms with Crippen molar-refractivity contribution in [2.24, 2.45) is 64.6 Å². The Hall–Kier alpha value is -1.02. The van der Waals surface area contributed by atoms with Gasteiger partial charge in [0.15, 0.2) is 0 Å². The maximum atomic E-state index is 11.8. The van der Waals surface area contributed by atoms with E-state index in [-0.39, 0.29) is 17.3 Å². The normalized spacial score (nSPS) is 34.4. The summed E-state index contributed by atoms with van der Waals surface area (Å²) in [5, 5.41) is 23.1. The zero-order valence-electron chi connectivity index (χ0n) is 32.0. The molecule has 0 saturated heterocycles. The highest BCUT2D eigenvalue weighted by atomic mass is 14.6. The van der Waals surface area contributed by atoms with Gasteiger partial charge < -0.3 is 0 Å². The number of unbranched alkanes of at least 4 members (excludes halogenated alkanes) is 3. The Morgan fingerprint density at radius 1 is 0.489 bits per heavy atom. The van der Waals surface area contributed by atoms with E-state index >= 15 is 0 Å². The van der Waals surface area contributed by atoms with Crippen molar-refractivity contribution in [2.75, 3.05) is 0 Å². The van der Waals surface area contributed by atoms with E-state index in [1.165, 1.54) is 173 Å². The van der Waals surface area contributed by atoms with Crippen LogP contribution in [-0.2, 0) is 0 Å². The molecule has 268 valence electrons. The van der Waals surface area contributed by atoms with Crippen molar-refractivity contribution in [3.05, 3.63) is 0 Å². The topological polar surface area (TPSA) is 47.6 Å². The average Bonchev–Trinajstić information content (AvgIpc) is 3.11. The highest BCUT2D eigenvalue weighted by Crippen LogP contribution is 2.59. The molecule has 4 aliphatic rings. The smallest absolute Gasteiger partial charge is 0.0696 e. The van der Waals surface area contributed by atoms with E-state index in [1.54, 1.807) is 0 Å². The van der Waals surface area contributed by atoms with Crippen LogP contribution in [0.5, 0.6) is 0 Å². The molecule has 0 N–H and O–H groups in total. The molecule has 0 aliphatic heterocycles. The number of hydrogen-bond acceptors (Lipinski definition) is 2. The van der Waals surface area contributed by atoms with Crippen LogP contribution in [0.2, 0.25) is 0 Å². The van der Waals surface area contributed by atoms with Crippen LogP contribution in [0.4, 0.5) is 0 Å². The van der Waals surface area contributed by atoms with Gasteiger partial charge in [0, 0.05) is 0 Å². The van der Waals surface area contributed by atoms with Crippen LogP contribution in [0.1, 0.15) is 207 Å². The molecule has 0 bridgehead atoms. The van der Waals surface area contributed by atoms with Gasteiger partial charge >= 0.3 is 0 Å². The van der Waals surface area contributed by atoms with Crippen LogP contribution in [0, 0.1) is 87.3 Å². The molecular formula is C45H78N2. The molecule has 0 spiro atoms. The van der Waals surface area contributed by atoms with Crippen molar-refractivity contribution in [3.8, 4) is 12.1 Å². The first kappa shape index (κ1) is 38.8. The molecule has 0 aromatic heterocycles. The minimum Gasteiger partial charge on any atom is -0.198 e. The van der Waals surface area contributed by atoms with Crippen LogP contribution < -0.4 is 0 Å². The Balaban J connectivity index is 1.64. The monoisotopic (exact) mass is 647 g/mol. The molecule has 0 radical (unpaired) electrons. The van der Waals surface area contributed by atoms with Crippen molar-refractivity contribution < 1.29 is 0 Å². The Kier molecular flexibility index (Phi) is 17.0. The van der Waals surface area contributed by atoms with E-state index in [1.807, 2.05) is 0 Å². The van der Waals surface area contributed by atoms with Gasteiger partial charge in [-0.1, -0.05) is 163 Å². The fourth-order valence-electron chi connectivity index (χ4n) is 12.1. The van der Waals surface area contributed by atoms with Gasteiger partial charge in [0.25, 0.3) is 0 Å². The maximum absolute atomic E-state index is 11.8. The lowest BCUT2D eigenvalue weighted by Gasteiger charge is -2.53. The van der Waals surface area contributed by atoms with Crippen molar-refractivity contribution in [2.45, 2.75) is 207 Å². The van der Waals surface area contributed by atoms with Gasteiger partial charge in [0.1, 0.15) is 0 Å². The summed E-state index contributed by atoms with van der Waals surface area (Å²) in [6.07, 6.45) is 36.9. The van der Waals surface area contributed by atoms with Crippen LogP contribution in [0.3, 0.4) is 0 Å². The van der Waals surface area contributed by atoms with Crippen LogP contribution in [0.15, 0.2) is 0 Å². The number of rotatable bonds is 18. The molecule has 4 saturated carbocycles. The lowest BCUT2D eigenvalue weighted by Crippen LogP contribution is -2.49. The fourth-order valence-corrected chi connectivity index (χ4v) is 12.1. The summed E-state index contributed by atoms with van der Waals surface area (Å²) < 4.78 is 0. The van der Waals surface area contributed by atoms with Crippen LogP contribution >= 0.6 is 0 Å². The molecule has 0 amide bonds. The summed E-state index contributed by atoms with van der Waals surface area (Å²) in [5.41, 5.74) is -0.307. The average molecular weight is 647 g/mol. The maximum Gasteiger partial charge on any atom is 0.0696 e. The van der Waals surface area contributed by atoms with Gasteiger partial charge in [-0.3, -0.25) is 0 Å². The van der Waals surface area contributed by atoms with E-state index in [0.29, 0.717) is 23.7 Å². The summed E-state index contributed by atoms with van der Waals surface area (Å²) in [6, 6.07) is 6.40. The second-order valence-electron chi connectivity index (χ2n) is 17.9. The molecule has 2 heteroatoms. The van der Waals surface area contributed by atoms with Gasteiger partial charge in [-0.2, -0.15) is 10.5 Å². The van der Waals surface area contributed by atoms with Gasteiger partial charge in [-0.25, -0.2) is 0 Å². The third kappa shape index (κ3) is 10.7. The Labute approximate surface area is 294 Å². The number of nitrogens with zero attached hydrogens (tertiary/aromatic N) is 2. The lowest BCUT2D eigenvalue weighted by atomic mass is 9.49. The Morgan fingerprint density at radius 3 is 1.43 bits per heavy atom. The molecular weight excluding hydrogens is 569 g/mol. The van der Waals surface area contributed by atoms with E-state index in [4.69, 9.17) is 0 Å². The molecule has 0 aromatic carbocycles. The third-order valence-corrected chi connectivity index (χ3v) is 14.9. The summed E-state index contributed by atoms with van der Waals surface area (Å²) in [6.45, 7) is 9.35. The first-order chi connectivity index (χ1) is 23.0. The first-order valence-corrected chi connectivity index (χ1v) is 21.8. The van der Waals surface area contributed by atoms with E-state index in [0.717, 1.165) is 30.1 Å². The summed E-state index contributed by atoms with van der Waals surface area (Å²) >= 11 is 0. The zero-order chi connectivity index (χ0) is 33.5. The Bertz CT molecular complexity index is 911. The third-order valence-electron chi connectivity index (χ3n) is 14.9. The van der Waals surface area contributed by atoms with E-state index in [9.17, 15) is 10.5 Å². The van der Waals surface area contributed by atoms with E-state index < -0.39 is 0 Å². The summed E-state index contributed by atoms with van der Waals surface area (Å²) in [7, 11) is 0. The van der Waals surface area contributed by atoms with Crippen molar-refractivity contribution in [3.63, 3.8) is 0 Å². The second kappa shape index (κ2) is 20.6. The minimum absolute atomic E-state index is 0.0770. The summed E-state index contributed by atoms with van der Waals surface area (Å²) in [4.78, 5) is 0. The minimum atomic E-state index is -0.307. The predicted octanol–water partition coefficient (Wildman–Crippen LogP) is 14.2. The second-order valence-corrected chi connectivity index (χ2v) is 17.9. The van der Waals surface area contributed by atoms with E-state index in [2.05, 4.69) is 39.8 Å². The highest BCUT2D eigenvalue weighted by Gasteiger charge is 2.55. The molecule has 3 unspecified atom stereocenters. The summed E-state index contributed by atoms with van der Waals surface area (Å²) in [5.74, 6) is 6.15. The van der Waals surface area contributed by atoms with Crippen molar-refractivity contribution in [1.82, 2.24) is 0 Å². The molecule has 0 heterocycles. The van der Waals surface area contributed by atoms with Crippen molar-refractivity contribution >= 4 is 0 Å². The first-order valence-electron chi connectivity index (χ1n) is 21.8. The number of nitriles is 2. The molecule has 4 fully saturated rings. The predicted molar refractivity (Wildman–Crippen MR) is 201 cm³/mol. The number of hydrogen-bond donors (Lipinski definition) is 0. The zero-order valence-corrected chi connectivity index (χ0v) is 32.0. The van der Waals surface area contributed by atoms with Gasteiger partial charge in [-0.05, 0) is 98.2 Å². The molecule has 2 nitrogen and oxygen atoms in total. The Morgan fingerprint density at radius 2 is 0.936 bits per heavy atom. The SMILES string of the molecule is CCCCC[C@H]1CC[C@H](C(C(C#N)[C@H]2CC[C@H](CCC)CC2)C(C#N)(C[C@H]2CC[C@H](CCCC)CC2)[C@H]2CC[C@H](CCC)CC2)CC1. The van der Waals surface area contributed by atoms with Gasteiger partial charge in [0.2, 0.25) is 0 Å². The van der Waals surface area contributed by atoms with Crippen molar-refractivity contribution in [1.29, 1.82) is 10.5 Å². The lowest BCUT2D eigenvalue weighted by molar-refractivity contribution is -0.0295. The fraction of sp³-hybridized carbons (Fsp3) is 0.956. The molecule has 4 rings (SSSR count). The van der Waals surface area contributed by atoms with Crippen LogP contribution in [0.25, 0.3) is 0 Å². The standard InChI is InChI=1S/C45H78N2/c1-5-9-11-15-38-22-28-41(29-23-38)44(43(33-46)40-26-20-35(12-7-3)21-27-40)45(34-47,42-30-24-36(13-8-4)25-31-42)32-39-18-16-37(17-19-39)14-10-6-2/h35-44H,5-32H2,1-4H3/t35-,36-,37-,38-,39-,40-,41-,42-,43?,44?,45?. The molecule has 3 atom stereocenters. The largest absolute Gasteiger partial charge is 0.198 e.